The zero-order valence-electron chi connectivity index (χ0n) is 18.1. The van der Waals surface area contributed by atoms with Crippen LogP contribution in [0, 0.1) is 20.8 Å². The average molecular weight is 425 g/mol. The maximum atomic E-state index is 12.8. The molecule has 1 aromatic carbocycles. The molecule has 32 heavy (non-hydrogen) atoms. The summed E-state index contributed by atoms with van der Waals surface area (Å²) in [5, 5.41) is 3.37. The van der Waals surface area contributed by atoms with Gasteiger partial charge in [-0.3, -0.25) is 9.78 Å². The molecule has 0 fully saturated rings. The SMILES string of the molecule is Cc1cnc(CNc2cc[nH]c(=O)c2-c2nc3c(C)cc(-n4ccnc4)cc3[nH]2)c(C)c1. The molecule has 0 unspecified atom stereocenters. The van der Waals surface area contributed by atoms with Crippen molar-refractivity contribution >= 4 is 16.7 Å². The molecule has 0 aliphatic carbocycles. The van der Waals surface area contributed by atoms with Crippen molar-refractivity contribution in [2.24, 2.45) is 0 Å². The number of imidazole rings is 2. The fourth-order valence-corrected chi connectivity index (χ4v) is 3.92. The van der Waals surface area contributed by atoms with E-state index in [1.54, 1.807) is 18.7 Å². The van der Waals surface area contributed by atoms with Gasteiger partial charge in [0, 0.05) is 30.5 Å². The molecular formula is C24H23N7O. The van der Waals surface area contributed by atoms with Gasteiger partial charge in [0.1, 0.15) is 11.4 Å². The Hall–Kier alpha value is -4.20. The van der Waals surface area contributed by atoms with Crippen LogP contribution in [0.2, 0.25) is 0 Å². The molecule has 3 N–H and O–H groups in total. The molecule has 8 nitrogen and oxygen atoms in total. The quantitative estimate of drug-likeness (QED) is 0.394. The summed E-state index contributed by atoms with van der Waals surface area (Å²) in [4.78, 5) is 32.3. The van der Waals surface area contributed by atoms with Crippen molar-refractivity contribution in [1.82, 2.24) is 29.5 Å². The number of nitrogens with one attached hydrogen (secondary N) is 3. The number of fused-ring (bicyclic) bond motifs is 1. The first kappa shape index (κ1) is 19.7. The summed E-state index contributed by atoms with van der Waals surface area (Å²) in [7, 11) is 0. The predicted molar refractivity (Wildman–Crippen MR) is 125 cm³/mol. The van der Waals surface area contributed by atoms with Crippen LogP contribution < -0.4 is 10.9 Å². The third kappa shape index (κ3) is 3.56. The number of aromatic amines is 2. The number of hydrogen-bond acceptors (Lipinski definition) is 5. The van der Waals surface area contributed by atoms with Gasteiger partial charge in [0.15, 0.2) is 0 Å². The van der Waals surface area contributed by atoms with Crippen molar-refractivity contribution < 1.29 is 0 Å². The maximum absolute atomic E-state index is 12.8. The molecule has 5 rings (SSSR count). The zero-order valence-corrected chi connectivity index (χ0v) is 18.1. The van der Waals surface area contributed by atoms with Crippen molar-refractivity contribution in [1.29, 1.82) is 0 Å². The highest BCUT2D eigenvalue weighted by atomic mass is 16.1. The summed E-state index contributed by atoms with van der Waals surface area (Å²) in [6.45, 7) is 6.57. The summed E-state index contributed by atoms with van der Waals surface area (Å²) >= 11 is 0. The summed E-state index contributed by atoms with van der Waals surface area (Å²) in [5.41, 5.74) is 7.79. The molecule has 0 amide bonds. The van der Waals surface area contributed by atoms with Crippen molar-refractivity contribution in [3.05, 3.63) is 88.1 Å². The van der Waals surface area contributed by atoms with Crippen LogP contribution in [0.5, 0.6) is 0 Å². The van der Waals surface area contributed by atoms with Gasteiger partial charge in [-0.1, -0.05) is 6.07 Å². The number of nitrogens with zero attached hydrogens (tertiary/aromatic N) is 4. The molecule has 0 atom stereocenters. The molecule has 0 aliphatic rings. The average Bonchev–Trinajstić information content (AvgIpc) is 3.43. The number of aromatic nitrogens is 6. The van der Waals surface area contributed by atoms with Crippen LogP contribution in [-0.2, 0) is 6.54 Å². The van der Waals surface area contributed by atoms with Crippen LogP contribution in [0.4, 0.5) is 5.69 Å². The largest absolute Gasteiger partial charge is 0.379 e. The Kier molecular flexibility index (Phi) is 4.82. The van der Waals surface area contributed by atoms with Crippen LogP contribution in [-0.4, -0.2) is 29.5 Å². The lowest BCUT2D eigenvalue weighted by Crippen LogP contribution is -2.13. The normalized spacial score (nSPS) is 11.2. The van der Waals surface area contributed by atoms with E-state index in [1.165, 1.54) is 0 Å². The zero-order chi connectivity index (χ0) is 22.2. The van der Waals surface area contributed by atoms with E-state index < -0.39 is 0 Å². The minimum Gasteiger partial charge on any atom is -0.379 e. The molecule has 0 aliphatic heterocycles. The molecule has 5 aromatic rings. The van der Waals surface area contributed by atoms with E-state index in [0.29, 0.717) is 23.6 Å². The second-order valence-electron chi connectivity index (χ2n) is 7.94. The van der Waals surface area contributed by atoms with Crippen molar-refractivity contribution in [2.75, 3.05) is 5.32 Å². The molecule has 0 saturated carbocycles. The van der Waals surface area contributed by atoms with Gasteiger partial charge < -0.3 is 19.9 Å². The van der Waals surface area contributed by atoms with E-state index in [9.17, 15) is 4.79 Å². The second-order valence-corrected chi connectivity index (χ2v) is 7.94. The van der Waals surface area contributed by atoms with E-state index in [1.807, 2.05) is 49.9 Å². The van der Waals surface area contributed by atoms with Gasteiger partial charge in [-0.05, 0) is 55.7 Å². The Bertz CT molecular complexity index is 1480. The first-order valence-electron chi connectivity index (χ1n) is 10.4. The fraction of sp³-hybridized carbons (Fsp3) is 0.167. The van der Waals surface area contributed by atoms with Gasteiger partial charge in [-0.15, -0.1) is 0 Å². The summed E-state index contributed by atoms with van der Waals surface area (Å²) < 4.78 is 1.94. The van der Waals surface area contributed by atoms with E-state index in [4.69, 9.17) is 4.98 Å². The van der Waals surface area contributed by atoms with Crippen LogP contribution in [0.1, 0.15) is 22.4 Å². The highest BCUT2D eigenvalue weighted by molar-refractivity contribution is 5.86. The standard InChI is InChI=1S/C24H23N7O/c1-14-8-15(2)20(27-11-14)12-28-18-4-5-26-24(32)21(18)23-29-19-10-17(31-7-6-25-13-31)9-16(3)22(19)30-23/h4-11,13H,12H2,1-3H3,(H,29,30)(H2,26,28,32). The summed E-state index contributed by atoms with van der Waals surface area (Å²) in [5.74, 6) is 0.517. The smallest absolute Gasteiger partial charge is 0.261 e. The minimum absolute atomic E-state index is 0.213. The highest BCUT2D eigenvalue weighted by Crippen LogP contribution is 2.27. The van der Waals surface area contributed by atoms with E-state index in [2.05, 4.69) is 37.4 Å². The van der Waals surface area contributed by atoms with Crippen LogP contribution in [0.3, 0.4) is 0 Å². The second kappa shape index (κ2) is 7.81. The number of aryl methyl sites for hydroxylation is 3. The lowest BCUT2D eigenvalue weighted by molar-refractivity contribution is 1.01. The van der Waals surface area contributed by atoms with E-state index >= 15 is 0 Å². The molecule has 8 heteroatoms. The van der Waals surface area contributed by atoms with Gasteiger partial charge in [-0.25, -0.2) is 9.97 Å². The Morgan fingerprint density at radius 1 is 1.12 bits per heavy atom. The number of pyridine rings is 2. The topological polar surface area (TPSA) is 104 Å². The summed E-state index contributed by atoms with van der Waals surface area (Å²) in [6.07, 6.45) is 8.87. The van der Waals surface area contributed by atoms with Crippen LogP contribution >= 0.6 is 0 Å². The van der Waals surface area contributed by atoms with E-state index in [0.717, 1.165) is 39.1 Å². The first-order chi connectivity index (χ1) is 15.5. The van der Waals surface area contributed by atoms with Gasteiger partial charge in [0.25, 0.3) is 5.56 Å². The Balaban J connectivity index is 1.54. The van der Waals surface area contributed by atoms with Crippen LogP contribution in [0.15, 0.2) is 60.2 Å². The number of hydrogen-bond donors (Lipinski definition) is 3. The van der Waals surface area contributed by atoms with Gasteiger partial charge in [-0.2, -0.15) is 0 Å². The molecule has 4 heterocycles. The summed E-state index contributed by atoms with van der Waals surface area (Å²) in [6, 6.07) is 8.00. The van der Waals surface area contributed by atoms with E-state index in [-0.39, 0.29) is 5.56 Å². The molecule has 0 radical (unpaired) electrons. The predicted octanol–water partition coefficient (Wildman–Crippen LogP) is 4.04. The lowest BCUT2D eigenvalue weighted by atomic mass is 10.1. The van der Waals surface area contributed by atoms with Gasteiger partial charge in [0.2, 0.25) is 0 Å². The highest BCUT2D eigenvalue weighted by Gasteiger charge is 2.16. The molecule has 0 spiro atoms. The lowest BCUT2D eigenvalue weighted by Gasteiger charge is -2.11. The minimum atomic E-state index is -0.213. The molecular weight excluding hydrogens is 402 g/mol. The van der Waals surface area contributed by atoms with Crippen molar-refractivity contribution in [3.63, 3.8) is 0 Å². The number of H-pyrrole nitrogens is 2. The number of rotatable bonds is 5. The third-order valence-electron chi connectivity index (χ3n) is 5.53. The maximum Gasteiger partial charge on any atom is 0.261 e. The molecule has 160 valence electrons. The third-order valence-corrected chi connectivity index (χ3v) is 5.53. The van der Waals surface area contributed by atoms with Gasteiger partial charge >= 0.3 is 0 Å². The fourth-order valence-electron chi connectivity index (χ4n) is 3.92. The molecule has 0 bridgehead atoms. The Morgan fingerprint density at radius 3 is 2.78 bits per heavy atom. The molecule has 0 saturated heterocycles. The van der Waals surface area contributed by atoms with Crippen LogP contribution in [0.25, 0.3) is 28.1 Å². The Morgan fingerprint density at radius 2 is 2.00 bits per heavy atom. The van der Waals surface area contributed by atoms with Crippen molar-refractivity contribution in [2.45, 2.75) is 27.3 Å². The number of benzene rings is 1. The van der Waals surface area contributed by atoms with Gasteiger partial charge in [0.05, 0.1) is 35.3 Å². The van der Waals surface area contributed by atoms with Crippen molar-refractivity contribution in [3.8, 4) is 17.1 Å². The monoisotopic (exact) mass is 425 g/mol. The first-order valence-corrected chi connectivity index (χ1v) is 10.4. The number of anilines is 1. The molecule has 4 aromatic heterocycles. The Labute approximate surface area is 184 Å².